The van der Waals surface area contributed by atoms with Gasteiger partial charge in [0.25, 0.3) is 10.0 Å². The van der Waals surface area contributed by atoms with Crippen LogP contribution in [0, 0.1) is 21.6 Å². The zero-order valence-corrected chi connectivity index (χ0v) is 11.6. The van der Waals surface area contributed by atoms with E-state index >= 15 is 0 Å². The molecule has 1 aromatic carbocycles. The maximum Gasteiger partial charge on any atom is 0.255 e. The van der Waals surface area contributed by atoms with Crippen LogP contribution in [0.5, 0.6) is 0 Å². The molecule has 0 aromatic heterocycles. The van der Waals surface area contributed by atoms with E-state index in [1.54, 1.807) is 35.1 Å². The molecule has 108 valence electrons. The van der Waals surface area contributed by atoms with Gasteiger partial charge >= 0.3 is 0 Å². The molecule has 0 radical (unpaired) electrons. The largest absolute Gasteiger partial charge is 0.259 e. The molecule has 8 heteroatoms. The third kappa shape index (κ3) is 2.51. The van der Waals surface area contributed by atoms with Crippen LogP contribution in [0.3, 0.4) is 0 Å². The van der Waals surface area contributed by atoms with Gasteiger partial charge in [-0.1, -0.05) is 42.5 Å². The van der Waals surface area contributed by atoms with Crippen LogP contribution in [0.1, 0.15) is 12.0 Å². The van der Waals surface area contributed by atoms with Crippen molar-refractivity contribution >= 4 is 10.0 Å². The molecule has 0 saturated heterocycles. The number of allylic oxidation sites excluding steroid dienone is 3. The molecule has 1 unspecified atom stereocenters. The molecule has 1 aliphatic carbocycles. The van der Waals surface area contributed by atoms with Gasteiger partial charge in [-0.05, 0) is 5.56 Å². The van der Waals surface area contributed by atoms with Crippen molar-refractivity contribution in [3.63, 3.8) is 0 Å². The van der Waals surface area contributed by atoms with Gasteiger partial charge in [-0.2, -0.15) is 5.26 Å². The number of hydrogen-bond acceptors (Lipinski definition) is 5. The number of nitrogens with one attached hydrogen (secondary N) is 1. The van der Waals surface area contributed by atoms with Gasteiger partial charge in [0.1, 0.15) is 4.75 Å². The second-order valence-corrected chi connectivity index (χ2v) is 6.36. The minimum atomic E-state index is -4.16. The Kier molecular flexibility index (Phi) is 3.78. The quantitative estimate of drug-likeness (QED) is 0.391. The van der Waals surface area contributed by atoms with Gasteiger partial charge in [-0.15, -0.1) is 0 Å². The van der Waals surface area contributed by atoms with E-state index in [4.69, 9.17) is 5.26 Å². The first kappa shape index (κ1) is 14.7. The van der Waals surface area contributed by atoms with Gasteiger partial charge in [0.15, 0.2) is 6.19 Å². The SMILES string of the molecule is N#CNS(=O)(=O)C1(c2ccccc2)C=CC=C([N+](=O)[O-])C1. The number of nitrogens with zero attached hydrogens (tertiary/aromatic N) is 2. The van der Waals surface area contributed by atoms with Crippen molar-refractivity contribution in [1.82, 2.24) is 4.72 Å². The molecule has 1 aromatic rings. The predicted molar refractivity (Wildman–Crippen MR) is 74.6 cm³/mol. The van der Waals surface area contributed by atoms with Gasteiger partial charge in [0.05, 0.1) is 11.3 Å². The Balaban J connectivity index is 2.64. The molecule has 0 amide bonds. The van der Waals surface area contributed by atoms with Crippen LogP contribution in [-0.2, 0) is 14.8 Å². The highest BCUT2D eigenvalue weighted by atomic mass is 32.2. The maximum atomic E-state index is 12.4. The Hall–Kier alpha value is -2.66. The van der Waals surface area contributed by atoms with Crippen LogP contribution in [0.2, 0.25) is 0 Å². The average Bonchev–Trinajstić information content (AvgIpc) is 2.48. The lowest BCUT2D eigenvalue weighted by Crippen LogP contribution is -2.42. The summed E-state index contributed by atoms with van der Waals surface area (Å²) >= 11 is 0. The van der Waals surface area contributed by atoms with E-state index in [1.165, 1.54) is 24.4 Å². The third-order valence-electron chi connectivity index (χ3n) is 3.25. The minimum Gasteiger partial charge on any atom is -0.259 e. The Morgan fingerprint density at radius 1 is 1.33 bits per heavy atom. The standard InChI is InChI=1S/C13H11N3O4S/c14-10-15-21(19,20)13(11-5-2-1-3-6-11)8-4-7-12(9-13)16(17)18/h1-8,15H,9H2. The van der Waals surface area contributed by atoms with Crippen LogP contribution < -0.4 is 4.72 Å². The van der Waals surface area contributed by atoms with E-state index in [0.717, 1.165) is 0 Å². The van der Waals surface area contributed by atoms with E-state index < -0.39 is 19.7 Å². The van der Waals surface area contributed by atoms with Crippen LogP contribution in [0.25, 0.3) is 0 Å². The van der Waals surface area contributed by atoms with Crippen molar-refractivity contribution in [2.45, 2.75) is 11.2 Å². The minimum absolute atomic E-state index is 0.232. The van der Waals surface area contributed by atoms with Gasteiger partial charge in [-0.25, -0.2) is 13.1 Å². The van der Waals surface area contributed by atoms with Crippen LogP contribution >= 0.6 is 0 Å². The van der Waals surface area contributed by atoms with E-state index in [0.29, 0.717) is 5.56 Å². The molecule has 1 N–H and O–H groups in total. The summed E-state index contributed by atoms with van der Waals surface area (Å²) in [6.07, 6.45) is 4.97. The zero-order chi connectivity index (χ0) is 15.5. The molecule has 0 saturated carbocycles. The fourth-order valence-corrected chi connectivity index (χ4v) is 3.58. The zero-order valence-electron chi connectivity index (χ0n) is 10.8. The Labute approximate surface area is 121 Å². The second-order valence-electron chi connectivity index (χ2n) is 4.42. The summed E-state index contributed by atoms with van der Waals surface area (Å²) in [6.45, 7) is 0. The number of rotatable bonds is 4. The normalized spacial score (nSPS) is 21.2. The van der Waals surface area contributed by atoms with Crippen molar-refractivity contribution in [2.75, 3.05) is 0 Å². The highest BCUT2D eigenvalue weighted by Gasteiger charge is 2.47. The molecule has 21 heavy (non-hydrogen) atoms. The number of hydrogen-bond donors (Lipinski definition) is 1. The fourth-order valence-electron chi connectivity index (χ4n) is 2.24. The predicted octanol–water partition coefficient (Wildman–Crippen LogP) is 1.40. The summed E-state index contributed by atoms with van der Waals surface area (Å²) in [7, 11) is -4.16. The number of nitro groups is 1. The summed E-state index contributed by atoms with van der Waals surface area (Å²) in [6, 6.07) is 8.10. The molecule has 1 atom stereocenters. The lowest BCUT2D eigenvalue weighted by Gasteiger charge is -2.30. The highest BCUT2D eigenvalue weighted by Crippen LogP contribution is 2.40. The molecule has 7 nitrogen and oxygen atoms in total. The van der Waals surface area contributed by atoms with Gasteiger partial charge in [0, 0.05) is 6.08 Å². The van der Waals surface area contributed by atoms with Crippen LogP contribution in [-0.4, -0.2) is 13.3 Å². The summed E-state index contributed by atoms with van der Waals surface area (Å²) in [4.78, 5) is 10.4. The van der Waals surface area contributed by atoms with Gasteiger partial charge < -0.3 is 0 Å². The number of nitriles is 1. The number of benzene rings is 1. The van der Waals surface area contributed by atoms with Gasteiger partial charge in [-0.3, -0.25) is 10.1 Å². The first-order valence-electron chi connectivity index (χ1n) is 5.92. The van der Waals surface area contributed by atoms with Crippen LogP contribution in [0.4, 0.5) is 0 Å². The van der Waals surface area contributed by atoms with Crippen molar-refractivity contribution in [1.29, 1.82) is 5.26 Å². The molecule has 0 fully saturated rings. The Morgan fingerprint density at radius 2 is 2.00 bits per heavy atom. The molecule has 0 aliphatic heterocycles. The lowest BCUT2D eigenvalue weighted by molar-refractivity contribution is -0.428. The molecule has 1 aliphatic rings. The smallest absolute Gasteiger partial charge is 0.255 e. The second kappa shape index (κ2) is 5.38. The average molecular weight is 305 g/mol. The first-order chi connectivity index (χ1) is 9.93. The van der Waals surface area contributed by atoms with Crippen LogP contribution in [0.15, 0.2) is 54.3 Å². The van der Waals surface area contributed by atoms with Crippen molar-refractivity contribution < 1.29 is 13.3 Å². The molecule has 0 heterocycles. The Bertz CT molecular complexity index is 762. The lowest BCUT2D eigenvalue weighted by atomic mass is 9.90. The molecule has 0 spiro atoms. The topological polar surface area (TPSA) is 113 Å². The first-order valence-corrected chi connectivity index (χ1v) is 7.40. The summed E-state index contributed by atoms with van der Waals surface area (Å²) in [5, 5.41) is 19.6. The monoisotopic (exact) mass is 305 g/mol. The van der Waals surface area contributed by atoms with E-state index in [2.05, 4.69) is 0 Å². The van der Waals surface area contributed by atoms with E-state index in [9.17, 15) is 18.5 Å². The Morgan fingerprint density at radius 3 is 2.57 bits per heavy atom. The fraction of sp³-hybridized carbons (Fsp3) is 0.154. The van der Waals surface area contributed by atoms with E-state index in [-0.39, 0.29) is 12.1 Å². The van der Waals surface area contributed by atoms with Crippen molar-refractivity contribution in [3.8, 4) is 6.19 Å². The third-order valence-corrected chi connectivity index (χ3v) is 5.09. The maximum absolute atomic E-state index is 12.4. The molecular weight excluding hydrogens is 294 g/mol. The summed E-state index contributed by atoms with van der Waals surface area (Å²) < 4.78 is 25.0. The number of sulfonamides is 1. The van der Waals surface area contributed by atoms with Crippen molar-refractivity contribution in [3.05, 3.63) is 69.9 Å². The molecule has 0 bridgehead atoms. The van der Waals surface area contributed by atoms with Gasteiger partial charge in [0.2, 0.25) is 5.70 Å². The summed E-state index contributed by atoms with van der Waals surface area (Å²) in [5.41, 5.74) is 0.126. The molecular formula is C13H11N3O4S. The highest BCUT2D eigenvalue weighted by molar-refractivity contribution is 7.90. The van der Waals surface area contributed by atoms with Crippen molar-refractivity contribution in [2.24, 2.45) is 0 Å². The summed E-state index contributed by atoms with van der Waals surface area (Å²) in [5.74, 6) is 0. The molecule has 2 rings (SSSR count). The van der Waals surface area contributed by atoms with E-state index in [1.807, 2.05) is 0 Å².